The van der Waals surface area contributed by atoms with Crippen LogP contribution in [0.1, 0.15) is 11.1 Å². The Balaban J connectivity index is 2.12. The molecule has 2 aromatic carbocycles. The largest absolute Gasteiger partial charge is 0.351 e. The van der Waals surface area contributed by atoms with Gasteiger partial charge in [-0.05, 0) is 36.8 Å². The second kappa shape index (κ2) is 5.08. The predicted molar refractivity (Wildman–Crippen MR) is 81.6 cm³/mol. The quantitative estimate of drug-likeness (QED) is 0.768. The molecule has 3 aromatic rings. The highest BCUT2D eigenvalue weighted by Gasteiger charge is 2.12. The molecule has 0 aliphatic heterocycles. The van der Waals surface area contributed by atoms with Crippen molar-refractivity contribution in [2.45, 2.75) is 6.92 Å². The Labute approximate surface area is 125 Å². The first kappa shape index (κ1) is 12.9. The van der Waals surface area contributed by atoms with Gasteiger partial charge in [0.15, 0.2) is 0 Å². The highest BCUT2D eigenvalue weighted by Crippen LogP contribution is 2.33. The molecule has 20 heavy (non-hydrogen) atoms. The summed E-state index contributed by atoms with van der Waals surface area (Å²) in [7, 11) is 0. The smallest absolute Gasteiger partial charge is 0.129 e. The Morgan fingerprint density at radius 1 is 1.25 bits per heavy atom. The zero-order chi connectivity index (χ0) is 14.1. The van der Waals surface area contributed by atoms with E-state index in [-0.39, 0.29) is 0 Å². The fourth-order valence-corrected chi connectivity index (χ4v) is 2.68. The van der Waals surface area contributed by atoms with Gasteiger partial charge in [0.1, 0.15) is 17.1 Å². The highest BCUT2D eigenvalue weighted by atomic mass is 35.5. The normalized spacial score (nSPS) is 10.4. The number of fused-ring (bicyclic) bond motifs is 1. The molecule has 0 bridgehead atoms. The Kier molecular flexibility index (Phi) is 3.26. The molecule has 3 rings (SSSR count). The van der Waals surface area contributed by atoms with Crippen LogP contribution >= 0.6 is 23.3 Å². The van der Waals surface area contributed by atoms with E-state index in [1.54, 1.807) is 6.07 Å². The molecule has 0 fully saturated rings. The summed E-state index contributed by atoms with van der Waals surface area (Å²) in [6.07, 6.45) is 0. The molecule has 0 aliphatic rings. The Bertz CT molecular complexity index is 835. The summed E-state index contributed by atoms with van der Waals surface area (Å²) < 4.78 is 8.44. The van der Waals surface area contributed by atoms with Crippen LogP contribution in [0.15, 0.2) is 30.3 Å². The molecule has 0 saturated heterocycles. The number of benzene rings is 2. The molecule has 0 atom stereocenters. The third kappa shape index (κ3) is 2.20. The number of halogens is 1. The molecule has 6 heteroatoms. The third-order valence-corrected chi connectivity index (χ3v) is 3.79. The minimum Gasteiger partial charge on any atom is -0.351 e. The van der Waals surface area contributed by atoms with Gasteiger partial charge < -0.3 is 5.32 Å². The van der Waals surface area contributed by atoms with Crippen LogP contribution in [-0.4, -0.2) is 8.75 Å². The maximum atomic E-state index is 9.21. The molecular formula is C14H9ClN4S. The minimum atomic E-state index is 0.551. The summed E-state index contributed by atoms with van der Waals surface area (Å²) in [6, 6.07) is 11.4. The Morgan fingerprint density at radius 3 is 2.90 bits per heavy atom. The molecule has 1 heterocycles. The summed E-state index contributed by atoms with van der Waals surface area (Å²) in [5.41, 5.74) is 4.49. The van der Waals surface area contributed by atoms with E-state index in [4.69, 9.17) is 11.6 Å². The minimum absolute atomic E-state index is 0.551. The monoisotopic (exact) mass is 300 g/mol. The van der Waals surface area contributed by atoms with Crippen LogP contribution < -0.4 is 5.32 Å². The van der Waals surface area contributed by atoms with Gasteiger partial charge in [0.25, 0.3) is 0 Å². The average molecular weight is 301 g/mol. The average Bonchev–Trinajstić information content (AvgIpc) is 2.92. The van der Waals surface area contributed by atoms with Crippen LogP contribution in [0, 0.1) is 18.3 Å². The number of hydrogen-bond acceptors (Lipinski definition) is 5. The fourth-order valence-electron chi connectivity index (χ4n) is 1.94. The van der Waals surface area contributed by atoms with Gasteiger partial charge in [-0.3, -0.25) is 0 Å². The number of rotatable bonds is 2. The van der Waals surface area contributed by atoms with Crippen molar-refractivity contribution < 1.29 is 0 Å². The van der Waals surface area contributed by atoms with Crippen molar-refractivity contribution >= 4 is 45.7 Å². The molecule has 4 nitrogen and oxygen atoms in total. The molecule has 1 N–H and O–H groups in total. The summed E-state index contributed by atoms with van der Waals surface area (Å²) in [4.78, 5) is 0. The number of hydrogen-bond donors (Lipinski definition) is 1. The summed E-state index contributed by atoms with van der Waals surface area (Å²) >= 11 is 7.36. The molecule has 0 saturated carbocycles. The van der Waals surface area contributed by atoms with Crippen molar-refractivity contribution in [3.63, 3.8) is 0 Å². The molecule has 0 unspecified atom stereocenters. The molecule has 1 aromatic heterocycles. The van der Waals surface area contributed by atoms with Crippen LogP contribution in [0.3, 0.4) is 0 Å². The van der Waals surface area contributed by atoms with Gasteiger partial charge >= 0.3 is 0 Å². The van der Waals surface area contributed by atoms with Gasteiger partial charge in [-0.15, -0.1) is 0 Å². The van der Waals surface area contributed by atoms with E-state index in [0.717, 1.165) is 22.8 Å². The van der Waals surface area contributed by atoms with E-state index < -0.39 is 0 Å². The molecule has 0 spiro atoms. The van der Waals surface area contributed by atoms with E-state index in [0.29, 0.717) is 27.5 Å². The van der Waals surface area contributed by atoms with Crippen molar-refractivity contribution in [3.05, 3.63) is 46.5 Å². The van der Waals surface area contributed by atoms with Gasteiger partial charge in [0.05, 0.1) is 33.7 Å². The van der Waals surface area contributed by atoms with Crippen LogP contribution in [0.2, 0.25) is 5.02 Å². The van der Waals surface area contributed by atoms with Gasteiger partial charge in [0.2, 0.25) is 0 Å². The molecular weight excluding hydrogens is 292 g/mol. The van der Waals surface area contributed by atoms with E-state index >= 15 is 0 Å². The molecule has 0 aliphatic carbocycles. The second-order valence-corrected chi connectivity index (χ2v) is 5.28. The van der Waals surface area contributed by atoms with Crippen LogP contribution in [0.4, 0.5) is 11.4 Å². The summed E-state index contributed by atoms with van der Waals surface area (Å²) in [5, 5.41) is 13.0. The molecule has 0 amide bonds. The van der Waals surface area contributed by atoms with Crippen molar-refractivity contribution in [3.8, 4) is 6.07 Å². The lowest BCUT2D eigenvalue weighted by atomic mass is 10.1. The van der Waals surface area contributed by atoms with E-state index in [1.165, 1.54) is 0 Å². The maximum absolute atomic E-state index is 9.21. The van der Waals surface area contributed by atoms with Crippen LogP contribution in [0.5, 0.6) is 0 Å². The number of anilines is 2. The maximum Gasteiger partial charge on any atom is 0.129 e. The third-order valence-electron chi connectivity index (χ3n) is 2.93. The Hall–Kier alpha value is -2.16. The zero-order valence-electron chi connectivity index (χ0n) is 10.5. The number of nitrogens with one attached hydrogen (secondary N) is 1. The first-order chi connectivity index (χ1) is 9.69. The second-order valence-electron chi connectivity index (χ2n) is 4.34. The number of nitrogens with zero attached hydrogens (tertiary/aromatic N) is 3. The standard InChI is InChI=1S/C14H9ClN4S/c1-8-2-4-11(9(6-8)7-16)17-13-10(15)3-5-12-14(13)19-20-18-12/h2-6,17H,1H3. The first-order valence-electron chi connectivity index (χ1n) is 5.87. The van der Waals surface area contributed by atoms with Crippen LogP contribution in [0.25, 0.3) is 11.0 Å². The zero-order valence-corrected chi connectivity index (χ0v) is 12.1. The van der Waals surface area contributed by atoms with Crippen molar-refractivity contribution in [1.82, 2.24) is 8.75 Å². The first-order valence-corrected chi connectivity index (χ1v) is 6.98. The van der Waals surface area contributed by atoms with Crippen LogP contribution in [-0.2, 0) is 0 Å². The van der Waals surface area contributed by atoms with E-state index in [1.807, 2.05) is 31.2 Å². The number of nitriles is 1. The van der Waals surface area contributed by atoms with Crippen molar-refractivity contribution in [2.75, 3.05) is 5.32 Å². The van der Waals surface area contributed by atoms with Crippen molar-refractivity contribution in [2.24, 2.45) is 0 Å². The SMILES string of the molecule is Cc1ccc(Nc2c(Cl)ccc3nsnc23)c(C#N)c1. The summed E-state index contributed by atoms with van der Waals surface area (Å²) in [5.74, 6) is 0. The lowest BCUT2D eigenvalue weighted by Gasteiger charge is -2.10. The van der Waals surface area contributed by atoms with E-state index in [9.17, 15) is 5.26 Å². The van der Waals surface area contributed by atoms with Crippen molar-refractivity contribution in [1.29, 1.82) is 5.26 Å². The number of aryl methyl sites for hydroxylation is 1. The van der Waals surface area contributed by atoms with Gasteiger partial charge in [-0.25, -0.2) is 0 Å². The molecule has 0 radical (unpaired) electrons. The topological polar surface area (TPSA) is 61.6 Å². The van der Waals surface area contributed by atoms with E-state index in [2.05, 4.69) is 20.1 Å². The summed E-state index contributed by atoms with van der Waals surface area (Å²) in [6.45, 7) is 1.95. The number of aromatic nitrogens is 2. The van der Waals surface area contributed by atoms with Gasteiger partial charge in [-0.1, -0.05) is 17.7 Å². The Morgan fingerprint density at radius 2 is 2.10 bits per heavy atom. The predicted octanol–water partition coefficient (Wildman–Crippen LogP) is 4.27. The van der Waals surface area contributed by atoms with Gasteiger partial charge in [0, 0.05) is 0 Å². The lowest BCUT2D eigenvalue weighted by molar-refractivity contribution is 1.41. The van der Waals surface area contributed by atoms with Gasteiger partial charge in [-0.2, -0.15) is 14.0 Å². The highest BCUT2D eigenvalue weighted by molar-refractivity contribution is 7.00. The fraction of sp³-hybridized carbons (Fsp3) is 0.0714. The lowest BCUT2D eigenvalue weighted by Crippen LogP contribution is -1.96. The molecule has 98 valence electrons.